The highest BCUT2D eigenvalue weighted by molar-refractivity contribution is 5.63. The summed E-state index contributed by atoms with van der Waals surface area (Å²) in [6, 6.07) is 7.84. The van der Waals surface area contributed by atoms with Crippen LogP contribution in [-0.4, -0.2) is 41.9 Å². The fourth-order valence-electron chi connectivity index (χ4n) is 2.70. The maximum atomic E-state index is 5.20. The van der Waals surface area contributed by atoms with Crippen molar-refractivity contribution in [1.29, 1.82) is 0 Å². The van der Waals surface area contributed by atoms with Gasteiger partial charge in [-0.25, -0.2) is 9.67 Å². The van der Waals surface area contributed by atoms with Crippen molar-refractivity contribution in [2.75, 3.05) is 7.11 Å². The van der Waals surface area contributed by atoms with Gasteiger partial charge in [-0.2, -0.15) is 5.10 Å². The van der Waals surface area contributed by atoms with Crippen molar-refractivity contribution in [3.63, 3.8) is 0 Å². The highest BCUT2D eigenvalue weighted by atomic mass is 16.5. The number of aryl methyl sites for hydroxylation is 1. The first kappa shape index (κ1) is 15.1. The van der Waals surface area contributed by atoms with Crippen LogP contribution in [0.15, 0.2) is 49.1 Å². The summed E-state index contributed by atoms with van der Waals surface area (Å²) >= 11 is 0. The summed E-state index contributed by atoms with van der Waals surface area (Å²) < 4.78 is 8.90. The second kappa shape index (κ2) is 6.23. The van der Waals surface area contributed by atoms with Crippen LogP contribution >= 0.6 is 0 Å². The zero-order valence-corrected chi connectivity index (χ0v) is 13.9. The fraction of sp³-hybridized carbons (Fsp3) is 0.176. The maximum Gasteiger partial charge on any atom is 0.161 e. The molecule has 0 fully saturated rings. The average molecular weight is 335 g/mol. The van der Waals surface area contributed by atoms with Crippen LogP contribution < -0.4 is 4.74 Å². The van der Waals surface area contributed by atoms with E-state index in [1.54, 1.807) is 18.0 Å². The van der Waals surface area contributed by atoms with Crippen LogP contribution in [0.1, 0.15) is 5.56 Å². The number of hydrogen-bond donors (Lipinski definition) is 1. The Bertz CT molecular complexity index is 981. The van der Waals surface area contributed by atoms with Gasteiger partial charge in [-0.05, 0) is 24.3 Å². The zero-order chi connectivity index (χ0) is 17.2. The number of nitrogens with zero attached hydrogens (tertiary/aromatic N) is 6. The molecular formula is C17H17N7O. The van der Waals surface area contributed by atoms with E-state index in [1.165, 1.54) is 0 Å². The van der Waals surface area contributed by atoms with E-state index in [-0.39, 0.29) is 0 Å². The summed E-state index contributed by atoms with van der Waals surface area (Å²) in [7, 11) is 3.58. The van der Waals surface area contributed by atoms with Gasteiger partial charge >= 0.3 is 0 Å². The third-order valence-electron chi connectivity index (χ3n) is 4.02. The Morgan fingerprint density at radius 2 is 2.04 bits per heavy atom. The van der Waals surface area contributed by atoms with E-state index in [1.807, 2.05) is 54.5 Å². The van der Waals surface area contributed by atoms with Gasteiger partial charge in [0.25, 0.3) is 0 Å². The average Bonchev–Trinajstić information content (AvgIpc) is 3.36. The van der Waals surface area contributed by atoms with Gasteiger partial charge < -0.3 is 9.30 Å². The Hall–Kier alpha value is -3.42. The number of hydrogen-bond acceptors (Lipinski definition) is 5. The molecule has 8 nitrogen and oxygen atoms in total. The van der Waals surface area contributed by atoms with Gasteiger partial charge in [-0.3, -0.25) is 5.10 Å². The number of benzene rings is 1. The second-order valence-electron chi connectivity index (χ2n) is 5.66. The molecule has 126 valence electrons. The molecule has 0 aliphatic heterocycles. The molecule has 0 unspecified atom stereocenters. The van der Waals surface area contributed by atoms with Gasteiger partial charge in [0.15, 0.2) is 5.82 Å². The molecule has 3 aromatic heterocycles. The van der Waals surface area contributed by atoms with E-state index in [0.29, 0.717) is 6.54 Å². The van der Waals surface area contributed by atoms with E-state index in [4.69, 9.17) is 4.74 Å². The van der Waals surface area contributed by atoms with E-state index in [9.17, 15) is 0 Å². The van der Waals surface area contributed by atoms with Crippen LogP contribution in [0.5, 0.6) is 5.75 Å². The molecule has 1 aromatic carbocycles. The Kier molecular flexibility index (Phi) is 3.77. The van der Waals surface area contributed by atoms with Gasteiger partial charge in [0.2, 0.25) is 0 Å². The van der Waals surface area contributed by atoms with Crippen molar-refractivity contribution >= 4 is 0 Å². The molecule has 4 rings (SSSR count). The molecule has 4 aromatic rings. The molecular weight excluding hydrogens is 318 g/mol. The number of ether oxygens (including phenoxy) is 1. The lowest BCUT2D eigenvalue weighted by Gasteiger charge is -2.05. The summed E-state index contributed by atoms with van der Waals surface area (Å²) in [6.07, 6.45) is 7.31. The maximum absolute atomic E-state index is 5.20. The van der Waals surface area contributed by atoms with Gasteiger partial charge in [-0.15, -0.1) is 5.10 Å². The summed E-state index contributed by atoms with van der Waals surface area (Å²) in [5, 5.41) is 15.6. The highest BCUT2D eigenvalue weighted by Gasteiger charge is 2.12. The normalized spacial score (nSPS) is 11.0. The Balaban J connectivity index is 1.59. The first-order valence-corrected chi connectivity index (χ1v) is 7.79. The van der Waals surface area contributed by atoms with Crippen LogP contribution in [0.4, 0.5) is 0 Å². The second-order valence-corrected chi connectivity index (χ2v) is 5.66. The van der Waals surface area contributed by atoms with Crippen LogP contribution in [-0.2, 0) is 13.6 Å². The quantitative estimate of drug-likeness (QED) is 0.604. The van der Waals surface area contributed by atoms with E-state index >= 15 is 0 Å². The van der Waals surface area contributed by atoms with E-state index < -0.39 is 0 Å². The number of aromatic amines is 1. The Labute approximate surface area is 144 Å². The molecule has 0 saturated carbocycles. The smallest absolute Gasteiger partial charge is 0.161 e. The lowest BCUT2D eigenvalue weighted by atomic mass is 10.1. The molecule has 0 atom stereocenters. The van der Waals surface area contributed by atoms with Crippen LogP contribution in [0.3, 0.4) is 0 Å². The monoisotopic (exact) mass is 335 g/mol. The zero-order valence-electron chi connectivity index (χ0n) is 13.9. The summed E-state index contributed by atoms with van der Waals surface area (Å²) in [5.41, 5.74) is 3.76. The molecule has 1 N–H and O–H groups in total. The third kappa shape index (κ3) is 2.89. The van der Waals surface area contributed by atoms with Crippen LogP contribution in [0, 0.1) is 0 Å². The molecule has 0 radical (unpaired) electrons. The first-order chi connectivity index (χ1) is 12.2. The number of imidazole rings is 1. The van der Waals surface area contributed by atoms with Crippen molar-refractivity contribution in [2.45, 2.75) is 6.54 Å². The van der Waals surface area contributed by atoms with Crippen molar-refractivity contribution in [3.05, 3.63) is 54.6 Å². The molecule has 0 bridgehead atoms. The van der Waals surface area contributed by atoms with Gasteiger partial charge in [0, 0.05) is 30.6 Å². The lowest BCUT2D eigenvalue weighted by Crippen LogP contribution is -2.01. The Morgan fingerprint density at radius 1 is 1.20 bits per heavy atom. The molecule has 0 amide bonds. The minimum atomic E-state index is 0.565. The minimum Gasteiger partial charge on any atom is -0.497 e. The van der Waals surface area contributed by atoms with Gasteiger partial charge in [-0.1, -0.05) is 5.21 Å². The number of H-pyrrole nitrogens is 1. The Morgan fingerprint density at radius 3 is 2.76 bits per heavy atom. The van der Waals surface area contributed by atoms with Crippen molar-refractivity contribution in [1.82, 2.24) is 34.7 Å². The molecule has 3 heterocycles. The van der Waals surface area contributed by atoms with Crippen LogP contribution in [0.25, 0.3) is 22.8 Å². The number of rotatable bonds is 5. The summed E-state index contributed by atoms with van der Waals surface area (Å²) in [4.78, 5) is 4.29. The van der Waals surface area contributed by atoms with Crippen LogP contribution in [0.2, 0.25) is 0 Å². The molecule has 0 spiro atoms. The molecule has 0 aliphatic rings. The van der Waals surface area contributed by atoms with Gasteiger partial charge in [0.05, 0.1) is 31.7 Å². The molecule has 0 saturated heterocycles. The standard InChI is InChI=1S/C17H17N7O/c1-23-8-7-18-17(23)15-11-24(22-20-15)10-13-9-19-21-16(13)12-3-5-14(25-2)6-4-12/h3-9,11H,10H2,1-2H3,(H,19,21). The van der Waals surface area contributed by atoms with E-state index in [0.717, 1.165) is 34.1 Å². The van der Waals surface area contributed by atoms with Crippen molar-refractivity contribution in [2.24, 2.45) is 7.05 Å². The third-order valence-corrected chi connectivity index (χ3v) is 4.02. The largest absolute Gasteiger partial charge is 0.497 e. The minimum absolute atomic E-state index is 0.565. The topological polar surface area (TPSA) is 86.4 Å². The van der Waals surface area contributed by atoms with Crippen molar-refractivity contribution < 1.29 is 4.74 Å². The van der Waals surface area contributed by atoms with E-state index in [2.05, 4.69) is 25.5 Å². The number of methoxy groups -OCH3 is 1. The predicted octanol–water partition coefficient (Wildman–Crippen LogP) is 2.13. The number of aromatic nitrogens is 7. The fourth-order valence-corrected chi connectivity index (χ4v) is 2.70. The number of nitrogens with one attached hydrogen (secondary N) is 1. The molecule has 25 heavy (non-hydrogen) atoms. The van der Waals surface area contributed by atoms with Gasteiger partial charge in [0.1, 0.15) is 11.4 Å². The molecule has 8 heteroatoms. The predicted molar refractivity (Wildman–Crippen MR) is 91.9 cm³/mol. The first-order valence-electron chi connectivity index (χ1n) is 7.79. The lowest BCUT2D eigenvalue weighted by molar-refractivity contribution is 0.415. The summed E-state index contributed by atoms with van der Waals surface area (Å²) in [5.74, 6) is 1.61. The summed E-state index contributed by atoms with van der Waals surface area (Å²) in [6.45, 7) is 0.565. The highest BCUT2D eigenvalue weighted by Crippen LogP contribution is 2.24. The molecule has 0 aliphatic carbocycles. The van der Waals surface area contributed by atoms with Crippen molar-refractivity contribution in [3.8, 4) is 28.5 Å². The SMILES string of the molecule is COc1ccc(-c2[nH]ncc2Cn2cc(-c3nccn3C)nn2)cc1.